The monoisotopic (exact) mass is 258 g/mol. The zero-order valence-electron chi connectivity index (χ0n) is 10.3. The summed E-state index contributed by atoms with van der Waals surface area (Å²) in [6, 6.07) is 0.514. The quantitative estimate of drug-likeness (QED) is 0.809. The molecule has 2 N–H and O–H groups in total. The molecule has 17 heavy (non-hydrogen) atoms. The van der Waals surface area contributed by atoms with E-state index in [1.54, 1.807) is 0 Å². The number of carbonyl (C=O) groups excluding carboxylic acids is 1. The topological polar surface area (TPSA) is 41.1 Å². The van der Waals surface area contributed by atoms with Gasteiger partial charge in [0.25, 0.3) is 0 Å². The van der Waals surface area contributed by atoms with Gasteiger partial charge in [-0.25, -0.2) is 0 Å². The summed E-state index contributed by atoms with van der Waals surface area (Å²) in [6.45, 7) is 2.12. The molecule has 98 valence electrons. The first-order chi connectivity index (χ1) is 7.81. The van der Waals surface area contributed by atoms with Crippen LogP contribution in [-0.2, 0) is 4.79 Å². The predicted octanol–water partition coefficient (Wildman–Crippen LogP) is 1.71. The van der Waals surface area contributed by atoms with Gasteiger partial charge in [-0.05, 0) is 56.5 Å². The lowest BCUT2D eigenvalue weighted by Crippen LogP contribution is -2.39. The van der Waals surface area contributed by atoms with Crippen molar-refractivity contribution in [1.29, 1.82) is 0 Å². The third kappa shape index (κ3) is 2.94. The Bertz CT molecular complexity index is 279. The van der Waals surface area contributed by atoms with E-state index in [1.807, 2.05) is 0 Å². The fraction of sp³-hybridized carbons (Fsp3) is 0.923. The Hall–Kier alpha value is -0.280. The summed E-state index contributed by atoms with van der Waals surface area (Å²) < 4.78 is 0. The third-order valence-electron chi connectivity index (χ3n) is 4.72. The second-order valence-corrected chi connectivity index (χ2v) is 5.91. The number of fused-ring (bicyclic) bond motifs is 2. The second kappa shape index (κ2) is 5.57. The highest BCUT2D eigenvalue weighted by molar-refractivity contribution is 5.85. The number of amides is 1. The van der Waals surface area contributed by atoms with Gasteiger partial charge in [-0.15, -0.1) is 12.4 Å². The molecule has 3 aliphatic rings. The Morgan fingerprint density at radius 1 is 1.24 bits per heavy atom. The smallest absolute Gasteiger partial charge is 0.220 e. The normalized spacial score (nSPS) is 39.1. The molecule has 4 heteroatoms. The Kier molecular flexibility index (Phi) is 4.31. The summed E-state index contributed by atoms with van der Waals surface area (Å²) in [6.07, 6.45) is 7.28. The maximum absolute atomic E-state index is 11.9. The van der Waals surface area contributed by atoms with Crippen molar-refractivity contribution >= 4 is 18.3 Å². The summed E-state index contributed by atoms with van der Waals surface area (Å²) in [7, 11) is 0. The van der Waals surface area contributed by atoms with Gasteiger partial charge in [0, 0.05) is 12.5 Å². The minimum absolute atomic E-state index is 0. The number of hydrogen-bond acceptors (Lipinski definition) is 2. The lowest BCUT2D eigenvalue weighted by Gasteiger charge is -2.23. The summed E-state index contributed by atoms with van der Waals surface area (Å²) >= 11 is 0. The van der Waals surface area contributed by atoms with Crippen LogP contribution in [0.25, 0.3) is 0 Å². The Labute approximate surface area is 110 Å². The fourth-order valence-corrected chi connectivity index (χ4v) is 3.84. The van der Waals surface area contributed by atoms with Crippen LogP contribution < -0.4 is 10.6 Å². The van der Waals surface area contributed by atoms with Gasteiger partial charge in [0.15, 0.2) is 0 Å². The molecule has 1 saturated heterocycles. The van der Waals surface area contributed by atoms with Crippen molar-refractivity contribution in [1.82, 2.24) is 10.6 Å². The first-order valence-electron chi connectivity index (χ1n) is 6.81. The van der Waals surface area contributed by atoms with E-state index < -0.39 is 0 Å². The van der Waals surface area contributed by atoms with Gasteiger partial charge in [-0.2, -0.15) is 0 Å². The summed E-state index contributed by atoms with van der Waals surface area (Å²) in [5.74, 6) is 2.60. The number of rotatable bonds is 3. The van der Waals surface area contributed by atoms with Gasteiger partial charge >= 0.3 is 0 Å². The number of hydrogen-bond donors (Lipinski definition) is 2. The molecule has 0 radical (unpaired) electrons. The van der Waals surface area contributed by atoms with Crippen molar-refractivity contribution < 1.29 is 4.79 Å². The fourth-order valence-electron chi connectivity index (χ4n) is 3.84. The van der Waals surface area contributed by atoms with Crippen LogP contribution in [-0.4, -0.2) is 25.0 Å². The van der Waals surface area contributed by atoms with E-state index in [0.717, 1.165) is 31.3 Å². The molecule has 0 aromatic carbocycles. The first kappa shape index (κ1) is 13.2. The van der Waals surface area contributed by atoms with Crippen LogP contribution in [0.3, 0.4) is 0 Å². The second-order valence-electron chi connectivity index (χ2n) is 5.91. The summed E-state index contributed by atoms with van der Waals surface area (Å²) in [4.78, 5) is 11.9. The molecule has 0 aromatic heterocycles. The maximum atomic E-state index is 11.9. The lowest BCUT2D eigenvalue weighted by molar-refractivity contribution is -0.122. The molecule has 2 bridgehead atoms. The minimum Gasteiger partial charge on any atom is -0.353 e. The van der Waals surface area contributed by atoms with E-state index in [4.69, 9.17) is 0 Å². The van der Waals surface area contributed by atoms with E-state index in [9.17, 15) is 4.79 Å². The van der Waals surface area contributed by atoms with Crippen molar-refractivity contribution in [2.24, 2.45) is 17.8 Å². The Morgan fingerprint density at radius 3 is 2.71 bits per heavy atom. The van der Waals surface area contributed by atoms with E-state index in [1.165, 1.54) is 32.1 Å². The van der Waals surface area contributed by atoms with Gasteiger partial charge in [-0.3, -0.25) is 4.79 Å². The van der Waals surface area contributed by atoms with E-state index in [0.29, 0.717) is 17.9 Å². The first-order valence-corrected chi connectivity index (χ1v) is 6.81. The van der Waals surface area contributed by atoms with Crippen molar-refractivity contribution in [3.63, 3.8) is 0 Å². The molecule has 2 saturated carbocycles. The third-order valence-corrected chi connectivity index (χ3v) is 4.72. The van der Waals surface area contributed by atoms with Crippen LogP contribution in [0.4, 0.5) is 0 Å². The van der Waals surface area contributed by atoms with Crippen LogP contribution in [0.15, 0.2) is 0 Å². The molecular formula is C13H23ClN2O. The van der Waals surface area contributed by atoms with Gasteiger partial charge in [-0.1, -0.05) is 6.42 Å². The number of carbonyl (C=O) groups is 1. The highest BCUT2D eigenvalue weighted by atomic mass is 35.5. The van der Waals surface area contributed by atoms with Crippen molar-refractivity contribution in [3.05, 3.63) is 0 Å². The molecular weight excluding hydrogens is 236 g/mol. The summed E-state index contributed by atoms with van der Waals surface area (Å²) in [5.41, 5.74) is 0. The average Bonchev–Trinajstić information content (AvgIpc) is 2.92. The molecule has 3 fully saturated rings. The molecule has 3 nitrogen and oxygen atoms in total. The Morgan fingerprint density at radius 2 is 2.12 bits per heavy atom. The van der Waals surface area contributed by atoms with Crippen LogP contribution >= 0.6 is 12.4 Å². The van der Waals surface area contributed by atoms with Crippen molar-refractivity contribution in [2.45, 2.75) is 44.6 Å². The van der Waals surface area contributed by atoms with Crippen LogP contribution in [0.2, 0.25) is 0 Å². The van der Waals surface area contributed by atoms with Crippen LogP contribution in [0.5, 0.6) is 0 Å². The molecule has 0 aromatic rings. The van der Waals surface area contributed by atoms with E-state index in [2.05, 4.69) is 10.6 Å². The predicted molar refractivity (Wildman–Crippen MR) is 70.2 cm³/mol. The van der Waals surface area contributed by atoms with E-state index in [-0.39, 0.29) is 12.4 Å². The highest BCUT2D eigenvalue weighted by Crippen LogP contribution is 2.44. The Balaban J connectivity index is 0.00000108. The molecule has 0 spiro atoms. The molecule has 1 amide bonds. The zero-order valence-corrected chi connectivity index (χ0v) is 11.1. The minimum atomic E-state index is 0. The maximum Gasteiger partial charge on any atom is 0.220 e. The largest absolute Gasteiger partial charge is 0.353 e. The molecule has 4 atom stereocenters. The number of nitrogens with one attached hydrogen (secondary N) is 2. The van der Waals surface area contributed by atoms with Crippen LogP contribution in [0.1, 0.15) is 38.5 Å². The van der Waals surface area contributed by atoms with Crippen molar-refractivity contribution in [2.75, 3.05) is 13.1 Å². The molecule has 4 unspecified atom stereocenters. The van der Waals surface area contributed by atoms with Crippen LogP contribution in [0, 0.1) is 17.8 Å². The standard InChI is InChI=1S/C13H22N2O.ClH/c16-13(7-10-3-4-14-8-10)15-12-6-9-1-2-11(12)5-9;/h9-12,14H,1-8H2,(H,15,16);1H. The van der Waals surface area contributed by atoms with Crippen molar-refractivity contribution in [3.8, 4) is 0 Å². The van der Waals surface area contributed by atoms with E-state index >= 15 is 0 Å². The van der Waals surface area contributed by atoms with Gasteiger partial charge in [0.05, 0.1) is 0 Å². The van der Waals surface area contributed by atoms with Gasteiger partial charge < -0.3 is 10.6 Å². The zero-order chi connectivity index (χ0) is 11.0. The molecule has 1 aliphatic heterocycles. The highest BCUT2D eigenvalue weighted by Gasteiger charge is 2.40. The molecule has 3 rings (SSSR count). The van der Waals surface area contributed by atoms with Gasteiger partial charge in [0.2, 0.25) is 5.91 Å². The average molecular weight is 259 g/mol. The molecule has 1 heterocycles. The number of halogens is 1. The summed E-state index contributed by atoms with van der Waals surface area (Å²) in [5, 5.41) is 6.59. The molecule has 2 aliphatic carbocycles. The SMILES string of the molecule is Cl.O=C(CC1CCNC1)NC1CC2CCC1C2. The lowest BCUT2D eigenvalue weighted by atomic mass is 9.95. The van der Waals surface area contributed by atoms with Gasteiger partial charge in [0.1, 0.15) is 0 Å².